The van der Waals surface area contributed by atoms with Crippen LogP contribution in [0.4, 0.5) is 0 Å². The van der Waals surface area contributed by atoms with Gasteiger partial charge in [-0.2, -0.15) is 0 Å². The quantitative estimate of drug-likeness (QED) is 0.566. The Bertz CT molecular complexity index is 547. The summed E-state index contributed by atoms with van der Waals surface area (Å²) >= 11 is 6.98. The van der Waals surface area contributed by atoms with Crippen LogP contribution in [0.3, 0.4) is 0 Å². The molecule has 0 fully saturated rings. The van der Waals surface area contributed by atoms with Crippen LogP contribution in [0.2, 0.25) is 0 Å². The maximum atomic E-state index is 5.88. The molecule has 19 heavy (non-hydrogen) atoms. The van der Waals surface area contributed by atoms with Gasteiger partial charge in [-0.1, -0.05) is 48.0 Å². The molecule has 100 valence electrons. The number of hydrogen-bond donors (Lipinski definition) is 0. The molecular formula is C16H16Br2O. The highest BCUT2D eigenvalue weighted by Gasteiger charge is 2.05. The fourth-order valence-corrected chi connectivity index (χ4v) is 2.61. The van der Waals surface area contributed by atoms with Gasteiger partial charge in [-0.3, -0.25) is 0 Å². The van der Waals surface area contributed by atoms with Gasteiger partial charge in [-0.15, -0.1) is 0 Å². The molecule has 2 rings (SSSR count). The van der Waals surface area contributed by atoms with E-state index in [1.54, 1.807) is 0 Å². The summed E-state index contributed by atoms with van der Waals surface area (Å²) in [5, 5.41) is 0.842. The molecule has 0 aliphatic rings. The molecule has 0 radical (unpaired) electrons. The summed E-state index contributed by atoms with van der Waals surface area (Å²) in [4.78, 5) is 0. The summed E-state index contributed by atoms with van der Waals surface area (Å²) in [5.74, 6) is 2.23. The van der Waals surface area contributed by atoms with E-state index in [0.29, 0.717) is 5.92 Å². The molecule has 3 heteroatoms. The lowest BCUT2D eigenvalue weighted by Crippen LogP contribution is -1.89. The van der Waals surface area contributed by atoms with Crippen molar-refractivity contribution in [3.05, 3.63) is 58.1 Å². The predicted molar refractivity (Wildman–Crippen MR) is 87.4 cm³/mol. The third-order valence-electron chi connectivity index (χ3n) is 2.93. The van der Waals surface area contributed by atoms with E-state index < -0.39 is 0 Å². The van der Waals surface area contributed by atoms with Crippen LogP contribution < -0.4 is 4.74 Å². The fourth-order valence-electron chi connectivity index (χ4n) is 1.76. The zero-order chi connectivity index (χ0) is 13.8. The van der Waals surface area contributed by atoms with Crippen molar-refractivity contribution in [3.8, 4) is 11.5 Å². The lowest BCUT2D eigenvalue weighted by molar-refractivity contribution is 0.479. The SMILES string of the molecule is CC(C)c1ccc(Oc2ccc(CBr)cc2Br)cc1. The number of ether oxygens (including phenoxy) is 1. The van der Waals surface area contributed by atoms with Gasteiger partial charge >= 0.3 is 0 Å². The second-order valence-corrected chi connectivity index (χ2v) is 6.14. The molecular weight excluding hydrogens is 368 g/mol. The van der Waals surface area contributed by atoms with Gasteiger partial charge in [0.25, 0.3) is 0 Å². The number of benzene rings is 2. The molecule has 2 aromatic rings. The molecule has 0 atom stereocenters. The Labute approximate surface area is 131 Å². The second kappa shape index (κ2) is 6.58. The van der Waals surface area contributed by atoms with Gasteiger partial charge in [0, 0.05) is 5.33 Å². The molecule has 0 bridgehead atoms. The minimum absolute atomic E-state index is 0.541. The Morgan fingerprint density at radius 2 is 1.74 bits per heavy atom. The maximum absolute atomic E-state index is 5.88. The van der Waals surface area contributed by atoms with Gasteiger partial charge in [0.05, 0.1) is 4.47 Å². The predicted octanol–water partition coefficient (Wildman–Crippen LogP) is 6.26. The average molecular weight is 384 g/mol. The molecule has 0 heterocycles. The zero-order valence-corrected chi connectivity index (χ0v) is 14.2. The first kappa shape index (κ1) is 14.6. The first-order valence-corrected chi connectivity index (χ1v) is 8.14. The highest BCUT2D eigenvalue weighted by Crippen LogP contribution is 2.31. The molecule has 0 N–H and O–H groups in total. The lowest BCUT2D eigenvalue weighted by atomic mass is 10.0. The average Bonchev–Trinajstić information content (AvgIpc) is 2.41. The summed E-state index contributed by atoms with van der Waals surface area (Å²) in [6.45, 7) is 4.37. The van der Waals surface area contributed by atoms with Crippen LogP contribution >= 0.6 is 31.9 Å². The molecule has 0 saturated carbocycles. The van der Waals surface area contributed by atoms with E-state index in [1.807, 2.05) is 18.2 Å². The molecule has 0 saturated heterocycles. The highest BCUT2D eigenvalue weighted by molar-refractivity contribution is 9.10. The van der Waals surface area contributed by atoms with E-state index >= 15 is 0 Å². The van der Waals surface area contributed by atoms with Crippen molar-refractivity contribution in [3.63, 3.8) is 0 Å². The molecule has 1 nitrogen and oxygen atoms in total. The van der Waals surface area contributed by atoms with Gasteiger partial charge in [0.2, 0.25) is 0 Å². The van der Waals surface area contributed by atoms with Crippen molar-refractivity contribution < 1.29 is 4.74 Å². The third kappa shape index (κ3) is 3.83. The van der Waals surface area contributed by atoms with E-state index in [9.17, 15) is 0 Å². The molecule has 0 aliphatic heterocycles. The van der Waals surface area contributed by atoms with Gasteiger partial charge in [-0.25, -0.2) is 0 Å². The second-order valence-electron chi connectivity index (χ2n) is 4.72. The molecule has 0 aromatic heterocycles. The first-order chi connectivity index (χ1) is 9.10. The summed E-state index contributed by atoms with van der Waals surface area (Å²) in [7, 11) is 0. The summed E-state index contributed by atoms with van der Waals surface area (Å²) in [6.07, 6.45) is 0. The van der Waals surface area contributed by atoms with Crippen molar-refractivity contribution in [2.24, 2.45) is 0 Å². The highest BCUT2D eigenvalue weighted by atomic mass is 79.9. The van der Waals surface area contributed by atoms with Gasteiger partial charge < -0.3 is 4.74 Å². The standard InChI is InChI=1S/C16H16Br2O/c1-11(2)13-4-6-14(7-5-13)19-16-8-3-12(10-17)9-15(16)18/h3-9,11H,10H2,1-2H3. The third-order valence-corrected chi connectivity index (χ3v) is 4.19. The van der Waals surface area contributed by atoms with E-state index in [4.69, 9.17) is 4.74 Å². The Morgan fingerprint density at radius 3 is 2.26 bits per heavy atom. The number of hydrogen-bond acceptors (Lipinski definition) is 1. The Hall–Kier alpha value is -0.800. The summed E-state index contributed by atoms with van der Waals surface area (Å²) < 4.78 is 6.85. The Balaban J connectivity index is 2.16. The van der Waals surface area contributed by atoms with E-state index in [0.717, 1.165) is 21.3 Å². The monoisotopic (exact) mass is 382 g/mol. The van der Waals surface area contributed by atoms with Gasteiger partial charge in [-0.05, 0) is 57.2 Å². The Morgan fingerprint density at radius 1 is 1.05 bits per heavy atom. The molecule has 2 aromatic carbocycles. The lowest BCUT2D eigenvalue weighted by Gasteiger charge is -2.10. The minimum atomic E-state index is 0.541. The number of rotatable bonds is 4. The molecule has 0 spiro atoms. The number of alkyl halides is 1. The van der Waals surface area contributed by atoms with Crippen LogP contribution in [-0.2, 0) is 5.33 Å². The first-order valence-electron chi connectivity index (χ1n) is 6.22. The Kier molecular flexibility index (Phi) is 5.06. The minimum Gasteiger partial charge on any atom is -0.456 e. The zero-order valence-electron chi connectivity index (χ0n) is 11.0. The topological polar surface area (TPSA) is 9.23 Å². The van der Waals surface area contributed by atoms with Crippen molar-refractivity contribution in [1.82, 2.24) is 0 Å². The molecule has 0 amide bonds. The van der Waals surface area contributed by atoms with Crippen molar-refractivity contribution in [2.75, 3.05) is 0 Å². The van der Waals surface area contributed by atoms with Crippen LogP contribution in [0.1, 0.15) is 30.9 Å². The fraction of sp³-hybridized carbons (Fsp3) is 0.250. The van der Waals surface area contributed by atoms with E-state index in [1.165, 1.54) is 11.1 Å². The van der Waals surface area contributed by atoms with Crippen molar-refractivity contribution in [2.45, 2.75) is 25.1 Å². The van der Waals surface area contributed by atoms with Crippen molar-refractivity contribution in [1.29, 1.82) is 0 Å². The smallest absolute Gasteiger partial charge is 0.141 e. The van der Waals surface area contributed by atoms with Gasteiger partial charge in [0.15, 0.2) is 0 Å². The summed E-state index contributed by atoms with van der Waals surface area (Å²) in [5.41, 5.74) is 2.54. The molecule has 0 aliphatic carbocycles. The van der Waals surface area contributed by atoms with Crippen LogP contribution in [0, 0.1) is 0 Å². The van der Waals surface area contributed by atoms with Crippen LogP contribution in [-0.4, -0.2) is 0 Å². The largest absolute Gasteiger partial charge is 0.456 e. The van der Waals surface area contributed by atoms with Gasteiger partial charge in [0.1, 0.15) is 11.5 Å². The van der Waals surface area contributed by atoms with Crippen LogP contribution in [0.25, 0.3) is 0 Å². The van der Waals surface area contributed by atoms with E-state index in [2.05, 4.69) is 70.0 Å². The number of halogens is 2. The van der Waals surface area contributed by atoms with Crippen LogP contribution in [0.5, 0.6) is 11.5 Å². The molecule has 0 unspecified atom stereocenters. The summed E-state index contributed by atoms with van der Waals surface area (Å²) in [6, 6.07) is 14.3. The van der Waals surface area contributed by atoms with E-state index in [-0.39, 0.29) is 0 Å². The van der Waals surface area contributed by atoms with Crippen molar-refractivity contribution >= 4 is 31.9 Å². The normalized spacial score (nSPS) is 10.8. The van der Waals surface area contributed by atoms with Crippen LogP contribution in [0.15, 0.2) is 46.9 Å². The maximum Gasteiger partial charge on any atom is 0.141 e.